The summed E-state index contributed by atoms with van der Waals surface area (Å²) < 4.78 is 6.67. The number of ether oxygens (including phenoxy) is 1. The molecule has 3 heteroatoms. The maximum atomic E-state index is 6.67. The average Bonchev–Trinajstić information content (AvgIpc) is 3.48. The molecule has 0 amide bonds. The molecular formula is C55H48N2O. The Labute approximate surface area is 343 Å². The summed E-state index contributed by atoms with van der Waals surface area (Å²) in [6.07, 6.45) is 37.0. The largest absolute Gasteiger partial charge is 0.461 e. The minimum atomic E-state index is -0.224. The first kappa shape index (κ1) is 35.9. The third kappa shape index (κ3) is 6.55. The first-order valence-corrected chi connectivity index (χ1v) is 20.9. The number of allylic oxidation sites excluding steroid dienone is 14. The molecule has 0 saturated heterocycles. The van der Waals surface area contributed by atoms with Crippen molar-refractivity contribution in [2.75, 3.05) is 0 Å². The molecule has 2 heterocycles. The number of aliphatic imine (C=N–C) groups is 1. The van der Waals surface area contributed by atoms with E-state index in [0.717, 1.165) is 71.8 Å². The van der Waals surface area contributed by atoms with Gasteiger partial charge in [-0.05, 0) is 84.1 Å². The Morgan fingerprint density at radius 1 is 0.690 bits per heavy atom. The summed E-state index contributed by atoms with van der Waals surface area (Å²) in [7, 11) is 0. The van der Waals surface area contributed by atoms with Crippen molar-refractivity contribution in [2.45, 2.75) is 49.5 Å². The summed E-state index contributed by atoms with van der Waals surface area (Å²) >= 11 is 0. The van der Waals surface area contributed by atoms with Crippen LogP contribution in [0.2, 0.25) is 0 Å². The van der Waals surface area contributed by atoms with Crippen molar-refractivity contribution < 1.29 is 4.74 Å². The standard InChI is InChI=1S/C55H48N2O/c1-38-37-50(43-29-25-41(26-30-43)39-15-5-2-6-16-39)56-54(45-31-27-42(28-32-45)40-17-7-3-8-18-40)57-53(38)44-33-35-47(36-34-44)55(46-19-9-4-10-20-46)48-21-11-13-23-51(48)58-52-24-14-12-22-49(52)55/h2-9,11-15,17-19,21,23-35,37,39,47,49,53H,1,10,16,20,22,36H2,(H,56,57). The first-order chi connectivity index (χ1) is 28.6. The molecule has 58 heavy (non-hydrogen) atoms. The second kappa shape index (κ2) is 15.5. The summed E-state index contributed by atoms with van der Waals surface area (Å²) in [4.78, 5) is 5.38. The Bertz CT molecular complexity index is 2550. The number of benzene rings is 4. The Kier molecular flexibility index (Phi) is 9.59. The second-order valence-corrected chi connectivity index (χ2v) is 16.2. The zero-order chi connectivity index (χ0) is 38.9. The predicted molar refractivity (Wildman–Crippen MR) is 240 cm³/mol. The zero-order valence-electron chi connectivity index (χ0n) is 32.8. The molecule has 10 rings (SSSR count). The van der Waals surface area contributed by atoms with Crippen LogP contribution in [0.15, 0.2) is 222 Å². The lowest BCUT2D eigenvalue weighted by molar-refractivity contribution is 0.175. The van der Waals surface area contributed by atoms with Gasteiger partial charge >= 0.3 is 0 Å². The number of fused-ring (bicyclic) bond motifs is 2. The van der Waals surface area contributed by atoms with Crippen molar-refractivity contribution in [3.8, 4) is 16.9 Å². The lowest BCUT2D eigenvalue weighted by Gasteiger charge is -2.52. The molecule has 4 aliphatic carbocycles. The molecule has 3 nitrogen and oxygen atoms in total. The molecule has 0 fully saturated rings. The van der Waals surface area contributed by atoms with Gasteiger partial charge in [0.1, 0.15) is 17.3 Å². The van der Waals surface area contributed by atoms with Gasteiger partial charge in [0.15, 0.2) is 0 Å². The Balaban J connectivity index is 1.01. The van der Waals surface area contributed by atoms with E-state index in [0.29, 0.717) is 5.92 Å². The molecule has 0 bridgehead atoms. The highest BCUT2D eigenvalue weighted by Crippen LogP contribution is 2.59. The van der Waals surface area contributed by atoms with Gasteiger partial charge in [-0.25, -0.2) is 4.99 Å². The molecule has 1 N–H and O–H groups in total. The second-order valence-electron chi connectivity index (χ2n) is 16.2. The van der Waals surface area contributed by atoms with Gasteiger partial charge in [-0.15, -0.1) is 0 Å². The van der Waals surface area contributed by atoms with Crippen molar-refractivity contribution in [3.63, 3.8) is 0 Å². The van der Waals surface area contributed by atoms with E-state index in [1.807, 2.05) is 0 Å². The topological polar surface area (TPSA) is 33.6 Å². The quantitative estimate of drug-likeness (QED) is 0.204. The van der Waals surface area contributed by atoms with E-state index in [2.05, 4.69) is 194 Å². The molecule has 0 aromatic heterocycles. The molecule has 0 radical (unpaired) electrons. The van der Waals surface area contributed by atoms with Crippen molar-refractivity contribution in [2.24, 2.45) is 16.8 Å². The minimum Gasteiger partial charge on any atom is -0.461 e. The highest BCUT2D eigenvalue weighted by atomic mass is 16.5. The summed E-state index contributed by atoms with van der Waals surface area (Å²) in [5.74, 6) is 3.77. The molecule has 4 aromatic carbocycles. The van der Waals surface area contributed by atoms with Crippen molar-refractivity contribution in [1.29, 1.82) is 0 Å². The van der Waals surface area contributed by atoms with E-state index < -0.39 is 0 Å². The van der Waals surface area contributed by atoms with E-state index in [9.17, 15) is 0 Å². The molecule has 0 saturated carbocycles. The van der Waals surface area contributed by atoms with Crippen LogP contribution in [-0.2, 0) is 5.41 Å². The highest BCUT2D eigenvalue weighted by Gasteiger charge is 2.54. The normalized spacial score (nSPS) is 25.8. The number of nitrogens with one attached hydrogen (secondary N) is 1. The van der Waals surface area contributed by atoms with Crippen LogP contribution in [0.1, 0.15) is 60.3 Å². The van der Waals surface area contributed by atoms with Crippen LogP contribution in [0.25, 0.3) is 16.8 Å². The third-order valence-corrected chi connectivity index (χ3v) is 12.9. The highest BCUT2D eigenvalue weighted by molar-refractivity contribution is 6.03. The maximum Gasteiger partial charge on any atom is 0.134 e. The van der Waals surface area contributed by atoms with Crippen LogP contribution >= 0.6 is 0 Å². The molecule has 5 unspecified atom stereocenters. The van der Waals surface area contributed by atoms with Crippen LogP contribution in [0, 0.1) is 11.8 Å². The number of nitrogens with zero attached hydrogens (tertiary/aromatic N) is 1. The Morgan fingerprint density at radius 2 is 1.45 bits per heavy atom. The van der Waals surface area contributed by atoms with Crippen LogP contribution < -0.4 is 10.1 Å². The smallest absolute Gasteiger partial charge is 0.134 e. The maximum absolute atomic E-state index is 6.67. The lowest BCUT2D eigenvalue weighted by Crippen LogP contribution is -2.49. The molecule has 0 spiro atoms. The molecule has 284 valence electrons. The van der Waals surface area contributed by atoms with Gasteiger partial charge in [0.2, 0.25) is 0 Å². The van der Waals surface area contributed by atoms with Gasteiger partial charge < -0.3 is 10.1 Å². The van der Waals surface area contributed by atoms with Gasteiger partial charge in [0, 0.05) is 33.9 Å². The SMILES string of the molecule is C=C1C=C(c2ccc(C3C=CC=CC3)cc2)N=C(c2ccc(-c3ccccc3)cc2)NC1C1=CCC(C2(C3=CC=CCC3)c3ccccc3OC3=CC=CCC32)C=C1. The summed E-state index contributed by atoms with van der Waals surface area (Å²) in [5.41, 5.74) is 11.5. The predicted octanol–water partition coefficient (Wildman–Crippen LogP) is 12.8. The zero-order valence-corrected chi connectivity index (χ0v) is 32.8. The fraction of sp³-hybridized carbons (Fsp3) is 0.182. The molecule has 4 aromatic rings. The monoisotopic (exact) mass is 752 g/mol. The van der Waals surface area contributed by atoms with E-state index in [4.69, 9.17) is 16.3 Å². The average molecular weight is 753 g/mol. The van der Waals surface area contributed by atoms with E-state index in [1.54, 1.807) is 0 Å². The van der Waals surface area contributed by atoms with Gasteiger partial charge in [0.05, 0.1) is 11.7 Å². The van der Waals surface area contributed by atoms with Crippen molar-refractivity contribution in [3.05, 3.63) is 240 Å². The first-order valence-electron chi connectivity index (χ1n) is 20.9. The van der Waals surface area contributed by atoms with Crippen LogP contribution in [0.5, 0.6) is 5.75 Å². The van der Waals surface area contributed by atoms with Crippen LogP contribution in [-0.4, -0.2) is 11.9 Å². The Morgan fingerprint density at radius 3 is 2.22 bits per heavy atom. The fourth-order valence-electron chi connectivity index (χ4n) is 10.0. The molecule has 2 aliphatic heterocycles. The molecule has 6 aliphatic rings. The molecular weight excluding hydrogens is 705 g/mol. The van der Waals surface area contributed by atoms with E-state index in [1.165, 1.54) is 33.4 Å². The fourth-order valence-corrected chi connectivity index (χ4v) is 10.0. The third-order valence-electron chi connectivity index (χ3n) is 12.9. The van der Waals surface area contributed by atoms with Gasteiger partial charge in [0.25, 0.3) is 0 Å². The number of amidine groups is 1. The minimum absolute atomic E-state index is 0.150. The molecule has 5 atom stereocenters. The lowest BCUT2D eigenvalue weighted by atomic mass is 9.53. The van der Waals surface area contributed by atoms with Gasteiger partial charge in [-0.2, -0.15) is 0 Å². The van der Waals surface area contributed by atoms with Gasteiger partial charge in [-0.1, -0.05) is 182 Å². The number of para-hydroxylation sites is 1. The number of hydrogen-bond donors (Lipinski definition) is 1. The van der Waals surface area contributed by atoms with Crippen molar-refractivity contribution in [1.82, 2.24) is 5.32 Å². The van der Waals surface area contributed by atoms with Crippen LogP contribution in [0.4, 0.5) is 0 Å². The van der Waals surface area contributed by atoms with Crippen LogP contribution in [0.3, 0.4) is 0 Å². The number of rotatable bonds is 7. The van der Waals surface area contributed by atoms with E-state index >= 15 is 0 Å². The summed E-state index contributed by atoms with van der Waals surface area (Å²) in [6.45, 7) is 4.71. The van der Waals surface area contributed by atoms with E-state index in [-0.39, 0.29) is 23.3 Å². The summed E-state index contributed by atoms with van der Waals surface area (Å²) in [5, 5.41) is 3.91. The summed E-state index contributed by atoms with van der Waals surface area (Å²) in [6, 6.07) is 36.9. The Hall–Kier alpha value is -6.45. The van der Waals surface area contributed by atoms with Gasteiger partial charge in [-0.3, -0.25) is 0 Å². The number of hydrogen-bond acceptors (Lipinski definition) is 3. The van der Waals surface area contributed by atoms with Crippen molar-refractivity contribution >= 4 is 11.5 Å².